The van der Waals surface area contributed by atoms with Crippen LogP contribution in [0.4, 0.5) is 26.0 Å². The molecule has 14 nitrogen and oxygen atoms in total. The zero-order valence-corrected chi connectivity index (χ0v) is 46.3. The summed E-state index contributed by atoms with van der Waals surface area (Å²) in [4.78, 5) is 38.4. The van der Waals surface area contributed by atoms with Gasteiger partial charge in [0.1, 0.15) is 12.3 Å². The van der Waals surface area contributed by atoms with E-state index in [4.69, 9.17) is 38.4 Å². The van der Waals surface area contributed by atoms with Crippen LogP contribution in [0, 0.1) is 24.6 Å². The summed E-state index contributed by atoms with van der Waals surface area (Å²) >= 11 is 2.96. The lowest BCUT2D eigenvalue weighted by atomic mass is 10.2. The summed E-state index contributed by atoms with van der Waals surface area (Å²) in [6.45, 7) is 28.0. The maximum Gasteiger partial charge on any atom is 0.408 e. The van der Waals surface area contributed by atoms with E-state index in [1.54, 1.807) is 38.2 Å². The molecule has 0 saturated carbocycles. The number of amides is 1. The van der Waals surface area contributed by atoms with Gasteiger partial charge in [0.2, 0.25) is 0 Å². The van der Waals surface area contributed by atoms with E-state index in [1.807, 2.05) is 30.0 Å². The number of para-hydroxylation sites is 1. The Hall–Kier alpha value is -4.98. The Morgan fingerprint density at radius 1 is 0.942 bits per heavy atom. The highest BCUT2D eigenvalue weighted by Gasteiger charge is 2.37. The number of esters is 1. The molecule has 0 atom stereocenters. The number of rotatable bonds is 21. The van der Waals surface area contributed by atoms with E-state index in [0.29, 0.717) is 66.5 Å². The van der Waals surface area contributed by atoms with Crippen molar-refractivity contribution in [1.29, 1.82) is 0 Å². The second kappa shape index (κ2) is 24.2. The molecule has 5 aromatic rings. The fraction of sp³-hybridized carbons (Fsp3) is 0.520. The number of halogens is 1. The third-order valence-corrected chi connectivity index (χ3v) is 19.7. The normalized spacial score (nSPS) is 12.5. The first-order chi connectivity index (χ1) is 32.4. The Morgan fingerprint density at radius 3 is 2.38 bits per heavy atom. The third-order valence-electron chi connectivity index (χ3n) is 11.3. The van der Waals surface area contributed by atoms with E-state index in [1.165, 1.54) is 30.6 Å². The number of ether oxygens (including phenoxy) is 4. The smallest absolute Gasteiger partial charge is 0.408 e. The van der Waals surface area contributed by atoms with E-state index < -0.39 is 39.9 Å². The van der Waals surface area contributed by atoms with Gasteiger partial charge < -0.3 is 33.6 Å². The van der Waals surface area contributed by atoms with E-state index in [-0.39, 0.29) is 29.6 Å². The Bertz CT molecular complexity index is 2670. The van der Waals surface area contributed by atoms with Gasteiger partial charge >= 0.3 is 12.1 Å². The van der Waals surface area contributed by atoms with Gasteiger partial charge in [0.25, 0.3) is 0 Å². The summed E-state index contributed by atoms with van der Waals surface area (Å²) in [5.41, 5.74) is 1.88. The van der Waals surface area contributed by atoms with Crippen LogP contribution in [0.15, 0.2) is 53.5 Å². The van der Waals surface area contributed by atoms with Crippen molar-refractivity contribution in [1.82, 2.24) is 25.1 Å². The van der Waals surface area contributed by atoms with Gasteiger partial charge in [-0.3, -0.25) is 4.57 Å². The van der Waals surface area contributed by atoms with Crippen molar-refractivity contribution < 1.29 is 37.4 Å². The van der Waals surface area contributed by atoms with Crippen LogP contribution in [0.2, 0.25) is 43.8 Å². The topological polar surface area (TPSA) is 152 Å². The Labute approximate surface area is 417 Å². The molecule has 0 unspecified atom stereocenters. The molecule has 374 valence electrons. The van der Waals surface area contributed by atoms with Gasteiger partial charge in [-0.25, -0.2) is 19.0 Å². The molecule has 1 N–H and O–H groups in total. The first-order valence-electron chi connectivity index (χ1n) is 23.4. The fourth-order valence-electron chi connectivity index (χ4n) is 6.35. The number of thiazole rings is 2. The van der Waals surface area contributed by atoms with E-state index >= 15 is 4.39 Å². The van der Waals surface area contributed by atoms with E-state index in [0.717, 1.165) is 39.5 Å². The summed E-state index contributed by atoms with van der Waals surface area (Å²) in [5.74, 6) is 5.64. The number of aromatic nitrogens is 4. The average molecular weight is 1020 g/mol. The minimum Gasteiger partial charge on any atom is -0.491 e. The van der Waals surface area contributed by atoms with Crippen LogP contribution >= 0.6 is 22.7 Å². The first-order valence-corrected chi connectivity index (χ1v) is 31.6. The molecule has 2 aromatic carbocycles. The number of carbonyl (C=O) groups is 2. The number of methoxy groups -OCH3 is 1. The number of nitrogens with zero attached hydrogens (tertiary/aromatic N) is 6. The summed E-state index contributed by atoms with van der Waals surface area (Å²) in [7, 11) is -1.86. The van der Waals surface area contributed by atoms with Crippen LogP contribution in [0.3, 0.4) is 0 Å². The van der Waals surface area contributed by atoms with Gasteiger partial charge in [-0.1, -0.05) is 75.7 Å². The number of nitrogens with one attached hydrogen (secondary N) is 1. The van der Waals surface area contributed by atoms with Crippen molar-refractivity contribution in [3.63, 3.8) is 0 Å². The second-order valence-electron chi connectivity index (χ2n) is 20.4. The van der Waals surface area contributed by atoms with Gasteiger partial charge in [0.05, 0.1) is 30.5 Å². The van der Waals surface area contributed by atoms with Crippen molar-refractivity contribution >= 4 is 78.1 Å². The number of aryl methyl sites for hydroxylation is 2. The number of hydrogen-bond donors (Lipinski definition) is 1. The quantitative estimate of drug-likeness (QED) is 0.0324. The van der Waals surface area contributed by atoms with Crippen LogP contribution in [0.25, 0.3) is 10.2 Å². The predicted octanol–water partition coefficient (Wildman–Crippen LogP) is 11.6. The lowest BCUT2D eigenvalue weighted by Gasteiger charge is -2.36. The van der Waals surface area contributed by atoms with Crippen LogP contribution in [0.1, 0.15) is 87.3 Å². The molecule has 0 bridgehead atoms. The third kappa shape index (κ3) is 16.6. The minimum absolute atomic E-state index is 0.0465. The molecule has 3 heterocycles. The number of anilines is 2. The molecule has 19 heteroatoms. The molecule has 69 heavy (non-hydrogen) atoms. The highest BCUT2D eigenvalue weighted by Crippen LogP contribution is 2.37. The zero-order chi connectivity index (χ0) is 50.6. The maximum absolute atomic E-state index is 15.1. The van der Waals surface area contributed by atoms with Crippen molar-refractivity contribution in [2.45, 2.75) is 130 Å². The van der Waals surface area contributed by atoms with Crippen LogP contribution < -0.4 is 19.8 Å². The molecule has 0 aliphatic heterocycles. The van der Waals surface area contributed by atoms with Gasteiger partial charge in [0, 0.05) is 38.3 Å². The van der Waals surface area contributed by atoms with Crippen LogP contribution in [-0.2, 0) is 31.8 Å². The summed E-state index contributed by atoms with van der Waals surface area (Å²) in [6.07, 6.45) is 1.87. The number of alkyl carbamates (subject to hydrolysis) is 1. The standard InChI is InChI=1S/C50H70FN7O7S2Si2/c1-35-32-42(55-56-44(35)54-47-58(34-62-30-31-68(9,10)11)38-21-14-15-22-40(38)66-47)57(27-16-17-29-64-69(12,13)50(5,6)7)46-53-43(45(59)61-8)41(67-46)23-19-28-63-39-25-24-36(33-37(39)51)20-18-26-52-48(60)65-49(2,3)4/h14-15,21-22,24-25,32-33H,16-17,19,23,26-31,34H2,1-13H3,(H,52,60)/b54-47-. The summed E-state index contributed by atoms with van der Waals surface area (Å²) in [6, 6.07) is 15.7. The fourth-order valence-corrected chi connectivity index (χ4v) is 10.3. The average Bonchev–Trinajstić information content (AvgIpc) is 3.84. The number of hydrogen-bond acceptors (Lipinski definition) is 14. The van der Waals surface area contributed by atoms with E-state index in [9.17, 15) is 9.59 Å². The molecule has 3 aromatic heterocycles. The Balaban J connectivity index is 1.35. The predicted molar refractivity (Wildman–Crippen MR) is 280 cm³/mol. The van der Waals surface area contributed by atoms with Crippen LogP contribution in [0.5, 0.6) is 5.75 Å². The Morgan fingerprint density at radius 2 is 1.70 bits per heavy atom. The minimum atomic E-state index is -1.94. The molecule has 0 aliphatic rings. The SMILES string of the molecule is COC(=O)c1nc(N(CCCCO[Si](C)(C)C(C)(C)C)c2cc(C)c(/N=c3\sc4ccccc4n3COCC[Si](C)(C)C)nn2)sc1CCCOc1ccc(C#CCNC(=O)OC(C)(C)C)cc1F. The number of carbonyl (C=O) groups excluding carboxylic acids is 2. The van der Waals surface area contributed by atoms with Crippen molar-refractivity contribution in [3.05, 3.63) is 80.8 Å². The van der Waals surface area contributed by atoms with Crippen molar-refractivity contribution in [2.75, 3.05) is 44.9 Å². The molecule has 0 radical (unpaired) electrons. The molecule has 0 spiro atoms. The van der Waals surface area contributed by atoms with Gasteiger partial charge in [0.15, 0.2) is 47.1 Å². The number of fused-ring (bicyclic) bond motifs is 1. The maximum atomic E-state index is 15.1. The highest BCUT2D eigenvalue weighted by atomic mass is 32.1. The molecular formula is C50H70FN7O7S2Si2. The molecule has 1 amide bonds. The van der Waals surface area contributed by atoms with Crippen molar-refractivity contribution in [3.8, 4) is 17.6 Å². The number of unbranched alkanes of at least 4 members (excludes halogenated alkanes) is 1. The molecule has 5 rings (SSSR count). The van der Waals surface area contributed by atoms with Crippen LogP contribution in [-0.4, -0.2) is 93.8 Å². The summed E-state index contributed by atoms with van der Waals surface area (Å²) in [5, 5.41) is 12.6. The van der Waals surface area contributed by atoms with Gasteiger partial charge in [-0.2, -0.15) is 4.99 Å². The largest absolute Gasteiger partial charge is 0.491 e. The molecular weight excluding hydrogens is 950 g/mol. The van der Waals surface area contributed by atoms with Gasteiger partial charge in [-0.05, 0) is 120 Å². The molecule has 0 aliphatic carbocycles. The van der Waals surface area contributed by atoms with Gasteiger partial charge in [-0.15, -0.1) is 21.5 Å². The first kappa shape index (κ1) is 55.0. The number of benzene rings is 2. The van der Waals surface area contributed by atoms with Crippen molar-refractivity contribution in [2.24, 2.45) is 4.99 Å². The lowest BCUT2D eigenvalue weighted by Crippen LogP contribution is -2.41. The Kier molecular flexibility index (Phi) is 19.3. The molecule has 0 fully saturated rings. The highest BCUT2D eigenvalue weighted by molar-refractivity contribution is 7.16. The monoisotopic (exact) mass is 1020 g/mol. The van der Waals surface area contributed by atoms with E-state index in [2.05, 4.69) is 92.5 Å². The molecule has 0 saturated heterocycles. The summed E-state index contributed by atoms with van der Waals surface area (Å²) < 4.78 is 47.2. The zero-order valence-electron chi connectivity index (χ0n) is 42.6. The second-order valence-corrected chi connectivity index (χ2v) is 32.9. The lowest BCUT2D eigenvalue weighted by molar-refractivity contribution is 0.0533.